The smallest absolute Gasteiger partial charge is 0.103 e. The Labute approximate surface area is 104 Å². The van der Waals surface area contributed by atoms with E-state index in [0.29, 0.717) is 18.5 Å². The second-order valence-electron chi connectivity index (χ2n) is 3.98. The third kappa shape index (κ3) is 3.22. The molecule has 86 valence electrons. The summed E-state index contributed by atoms with van der Waals surface area (Å²) in [6.45, 7) is 4.12. The summed E-state index contributed by atoms with van der Waals surface area (Å²) in [6, 6.07) is 7.63. The maximum Gasteiger partial charge on any atom is 0.103 e. The fraction of sp³-hybridized carbons (Fsp3) is 0.417. The van der Waals surface area contributed by atoms with Gasteiger partial charge >= 0.3 is 0 Å². The van der Waals surface area contributed by atoms with E-state index in [9.17, 15) is 5.11 Å². The fourth-order valence-corrected chi connectivity index (χ4v) is 1.65. The molecule has 2 N–H and O–H groups in total. The van der Waals surface area contributed by atoms with Gasteiger partial charge in [-0.1, -0.05) is 13.0 Å². The number of hydrogen-bond donors (Lipinski definition) is 2. The van der Waals surface area contributed by atoms with Crippen molar-refractivity contribution in [3.8, 4) is 6.07 Å². The molecule has 1 unspecified atom stereocenters. The van der Waals surface area contributed by atoms with Gasteiger partial charge in [-0.05, 0) is 41.4 Å². The molecule has 1 atom stereocenters. The number of rotatable bonds is 4. The zero-order chi connectivity index (χ0) is 12.2. The zero-order valence-electron chi connectivity index (χ0n) is 9.42. The molecule has 0 saturated heterocycles. The number of halogens is 1. The lowest BCUT2D eigenvalue weighted by molar-refractivity contribution is 0.0697. The van der Waals surface area contributed by atoms with Gasteiger partial charge in [-0.15, -0.1) is 0 Å². The Bertz CT molecular complexity index is 410. The maximum absolute atomic E-state index is 9.86. The molecule has 0 amide bonds. The highest BCUT2D eigenvalue weighted by molar-refractivity contribution is 9.10. The van der Waals surface area contributed by atoms with Gasteiger partial charge in [0.1, 0.15) is 6.07 Å². The van der Waals surface area contributed by atoms with Crippen LogP contribution >= 0.6 is 15.9 Å². The van der Waals surface area contributed by atoms with E-state index < -0.39 is 5.60 Å². The highest BCUT2D eigenvalue weighted by Crippen LogP contribution is 2.24. The molecule has 0 saturated carbocycles. The first kappa shape index (κ1) is 13.0. The van der Waals surface area contributed by atoms with Crippen molar-refractivity contribution in [2.24, 2.45) is 0 Å². The van der Waals surface area contributed by atoms with Gasteiger partial charge in [0.25, 0.3) is 0 Å². The molecule has 0 heterocycles. The lowest BCUT2D eigenvalue weighted by atomic mass is 10.0. The van der Waals surface area contributed by atoms with Crippen LogP contribution in [0.2, 0.25) is 0 Å². The van der Waals surface area contributed by atoms with Crippen LogP contribution in [0.25, 0.3) is 0 Å². The second kappa shape index (κ2) is 5.33. The van der Waals surface area contributed by atoms with Crippen molar-refractivity contribution >= 4 is 21.6 Å². The van der Waals surface area contributed by atoms with E-state index in [1.807, 2.05) is 25.1 Å². The molecule has 4 heteroatoms. The van der Waals surface area contributed by atoms with Crippen LogP contribution < -0.4 is 5.32 Å². The highest BCUT2D eigenvalue weighted by Gasteiger charge is 2.17. The molecule has 1 aromatic carbocycles. The molecule has 0 aromatic heterocycles. The van der Waals surface area contributed by atoms with Crippen molar-refractivity contribution in [1.82, 2.24) is 0 Å². The van der Waals surface area contributed by atoms with Gasteiger partial charge in [-0.2, -0.15) is 5.26 Å². The van der Waals surface area contributed by atoms with Crippen LogP contribution in [0.3, 0.4) is 0 Å². The fourth-order valence-electron chi connectivity index (χ4n) is 1.20. The largest absolute Gasteiger partial charge is 0.388 e. The summed E-state index contributed by atoms with van der Waals surface area (Å²) in [4.78, 5) is 0. The van der Waals surface area contributed by atoms with Crippen molar-refractivity contribution in [2.45, 2.75) is 25.9 Å². The van der Waals surface area contributed by atoms with Crippen LogP contribution in [0.1, 0.15) is 25.8 Å². The number of hydrogen-bond acceptors (Lipinski definition) is 3. The SMILES string of the molecule is CCC(C)(O)CNc1cccc(Br)c1C#N. The first-order valence-corrected chi connectivity index (χ1v) is 5.94. The van der Waals surface area contributed by atoms with Gasteiger partial charge in [0, 0.05) is 11.0 Å². The van der Waals surface area contributed by atoms with Gasteiger partial charge < -0.3 is 10.4 Å². The number of anilines is 1. The molecule has 0 fully saturated rings. The van der Waals surface area contributed by atoms with Crippen molar-refractivity contribution in [3.63, 3.8) is 0 Å². The lowest BCUT2D eigenvalue weighted by Crippen LogP contribution is -2.32. The topological polar surface area (TPSA) is 56.0 Å². The van der Waals surface area contributed by atoms with E-state index in [1.165, 1.54) is 0 Å². The van der Waals surface area contributed by atoms with E-state index in [4.69, 9.17) is 5.26 Å². The summed E-state index contributed by atoms with van der Waals surface area (Å²) >= 11 is 3.32. The molecule has 0 aliphatic carbocycles. The van der Waals surface area contributed by atoms with Crippen LogP contribution in [-0.2, 0) is 0 Å². The first-order chi connectivity index (χ1) is 7.50. The molecular weight excluding hydrogens is 268 g/mol. The number of nitrogens with one attached hydrogen (secondary N) is 1. The molecule has 1 rings (SSSR count). The normalized spacial score (nSPS) is 13.9. The minimum Gasteiger partial charge on any atom is -0.388 e. The van der Waals surface area contributed by atoms with Crippen LogP contribution in [0.5, 0.6) is 0 Å². The average molecular weight is 283 g/mol. The Morgan fingerprint density at radius 2 is 2.25 bits per heavy atom. The Kier molecular flexibility index (Phi) is 4.34. The van der Waals surface area contributed by atoms with Crippen LogP contribution in [0.15, 0.2) is 22.7 Å². The molecule has 0 bridgehead atoms. The number of nitrogens with zero attached hydrogens (tertiary/aromatic N) is 1. The number of aliphatic hydroxyl groups is 1. The third-order valence-corrected chi connectivity index (χ3v) is 3.21. The average Bonchev–Trinajstić information content (AvgIpc) is 2.26. The molecule has 0 aliphatic heterocycles. The first-order valence-electron chi connectivity index (χ1n) is 5.15. The van der Waals surface area contributed by atoms with Crippen LogP contribution in [0, 0.1) is 11.3 Å². The molecule has 16 heavy (non-hydrogen) atoms. The van der Waals surface area contributed by atoms with Gasteiger partial charge in [0.2, 0.25) is 0 Å². The minimum atomic E-state index is -0.755. The number of nitriles is 1. The van der Waals surface area contributed by atoms with E-state index in [0.717, 1.165) is 10.2 Å². The van der Waals surface area contributed by atoms with Crippen molar-refractivity contribution in [1.29, 1.82) is 5.26 Å². The summed E-state index contributed by atoms with van der Waals surface area (Å²) in [7, 11) is 0. The van der Waals surface area contributed by atoms with E-state index in [1.54, 1.807) is 6.92 Å². The van der Waals surface area contributed by atoms with Gasteiger partial charge in [0.15, 0.2) is 0 Å². The summed E-state index contributed by atoms with van der Waals surface area (Å²) in [5.41, 5.74) is 0.551. The van der Waals surface area contributed by atoms with Crippen molar-refractivity contribution in [3.05, 3.63) is 28.2 Å². The van der Waals surface area contributed by atoms with Crippen molar-refractivity contribution in [2.75, 3.05) is 11.9 Å². The summed E-state index contributed by atoms with van der Waals surface area (Å²) in [5.74, 6) is 0. The van der Waals surface area contributed by atoms with Crippen LogP contribution in [0.4, 0.5) is 5.69 Å². The molecule has 0 spiro atoms. The van der Waals surface area contributed by atoms with E-state index in [-0.39, 0.29) is 0 Å². The Balaban J connectivity index is 2.83. The van der Waals surface area contributed by atoms with Gasteiger partial charge in [0.05, 0.1) is 16.9 Å². The third-order valence-electron chi connectivity index (χ3n) is 2.55. The van der Waals surface area contributed by atoms with Crippen molar-refractivity contribution < 1.29 is 5.11 Å². The van der Waals surface area contributed by atoms with Crippen LogP contribution in [-0.4, -0.2) is 17.3 Å². The predicted molar refractivity (Wildman–Crippen MR) is 68.3 cm³/mol. The summed E-state index contributed by atoms with van der Waals surface area (Å²) in [5, 5.41) is 22.0. The lowest BCUT2D eigenvalue weighted by Gasteiger charge is -2.22. The predicted octanol–water partition coefficient (Wildman–Crippen LogP) is 2.89. The number of benzene rings is 1. The molecular formula is C12H15BrN2O. The Morgan fingerprint density at radius 1 is 1.56 bits per heavy atom. The highest BCUT2D eigenvalue weighted by atomic mass is 79.9. The second-order valence-corrected chi connectivity index (χ2v) is 4.83. The van der Waals surface area contributed by atoms with E-state index >= 15 is 0 Å². The van der Waals surface area contributed by atoms with E-state index in [2.05, 4.69) is 27.3 Å². The van der Waals surface area contributed by atoms with Gasteiger partial charge in [-0.25, -0.2) is 0 Å². The molecule has 0 aliphatic rings. The monoisotopic (exact) mass is 282 g/mol. The Morgan fingerprint density at radius 3 is 2.81 bits per heavy atom. The molecule has 0 radical (unpaired) electrons. The standard InChI is InChI=1S/C12H15BrN2O/c1-3-12(2,16)8-15-11-6-4-5-10(13)9(11)7-14/h4-6,15-16H,3,8H2,1-2H3. The quantitative estimate of drug-likeness (QED) is 0.893. The van der Waals surface area contributed by atoms with Gasteiger partial charge in [-0.3, -0.25) is 0 Å². The minimum absolute atomic E-state index is 0.425. The Hall–Kier alpha value is -1.05. The molecule has 1 aromatic rings. The maximum atomic E-state index is 9.86. The zero-order valence-corrected chi connectivity index (χ0v) is 11.0. The summed E-state index contributed by atoms with van der Waals surface area (Å²) in [6.07, 6.45) is 0.663. The summed E-state index contributed by atoms with van der Waals surface area (Å²) < 4.78 is 0.760. The molecule has 3 nitrogen and oxygen atoms in total.